The Kier molecular flexibility index (Phi) is 7.81. The third kappa shape index (κ3) is 5.18. The van der Waals surface area contributed by atoms with Gasteiger partial charge in [-0.2, -0.15) is 0 Å². The Hall–Kier alpha value is -2.77. The van der Waals surface area contributed by atoms with E-state index in [2.05, 4.69) is 69.4 Å². The lowest BCUT2D eigenvalue weighted by Crippen LogP contribution is -2.23. The minimum absolute atomic E-state index is 0.0949. The van der Waals surface area contributed by atoms with Crippen LogP contribution in [0.1, 0.15) is 78.2 Å². The van der Waals surface area contributed by atoms with E-state index in [1.165, 1.54) is 5.56 Å². The summed E-state index contributed by atoms with van der Waals surface area (Å²) in [5.74, 6) is 1.86. The van der Waals surface area contributed by atoms with Crippen molar-refractivity contribution in [3.8, 4) is 17.1 Å². The Morgan fingerprint density at radius 2 is 1.75 bits per heavy atom. The van der Waals surface area contributed by atoms with Gasteiger partial charge in [0.1, 0.15) is 12.4 Å². The summed E-state index contributed by atoms with van der Waals surface area (Å²) in [4.78, 5) is 9.85. The first-order valence-electron chi connectivity index (χ1n) is 12.8. The summed E-state index contributed by atoms with van der Waals surface area (Å²) < 4.78 is 32.3. The third-order valence-electron chi connectivity index (χ3n) is 7.04. The van der Waals surface area contributed by atoms with Gasteiger partial charge in [-0.1, -0.05) is 58.0 Å². The van der Waals surface area contributed by atoms with Crippen LogP contribution in [0.15, 0.2) is 36.4 Å². The minimum Gasteiger partial charge on any atom is -0.488 e. The van der Waals surface area contributed by atoms with E-state index in [9.17, 15) is 8.42 Å². The summed E-state index contributed by atoms with van der Waals surface area (Å²) in [7, 11) is -3.38. The van der Waals surface area contributed by atoms with Crippen LogP contribution in [-0.2, 0) is 29.3 Å². The van der Waals surface area contributed by atoms with Gasteiger partial charge >= 0.3 is 0 Å². The quantitative estimate of drug-likeness (QED) is 0.427. The van der Waals surface area contributed by atoms with Crippen LogP contribution in [0.25, 0.3) is 11.4 Å². The molecule has 1 unspecified atom stereocenters. The predicted octanol–water partition coefficient (Wildman–Crippen LogP) is 5.60. The Morgan fingerprint density at radius 3 is 2.33 bits per heavy atom. The van der Waals surface area contributed by atoms with Gasteiger partial charge in [-0.25, -0.2) is 18.4 Å². The third-order valence-corrected chi connectivity index (χ3v) is 8.92. The maximum Gasteiger partial charge on any atom is 0.173 e. The predicted molar refractivity (Wildman–Crippen MR) is 145 cm³/mol. The molecule has 1 aromatic heterocycles. The highest BCUT2D eigenvalue weighted by Gasteiger charge is 2.36. The summed E-state index contributed by atoms with van der Waals surface area (Å²) in [6.07, 6.45) is 1.69. The van der Waals surface area contributed by atoms with E-state index in [0.717, 1.165) is 52.1 Å². The van der Waals surface area contributed by atoms with Crippen molar-refractivity contribution >= 4 is 9.84 Å². The van der Waals surface area contributed by atoms with Crippen molar-refractivity contribution in [1.29, 1.82) is 0 Å². The van der Waals surface area contributed by atoms with Gasteiger partial charge in [0, 0.05) is 23.4 Å². The Balaban J connectivity index is 1.83. The number of hydrogen-bond acceptors (Lipinski definition) is 6. The van der Waals surface area contributed by atoms with E-state index in [-0.39, 0.29) is 12.4 Å². The summed E-state index contributed by atoms with van der Waals surface area (Å²) >= 11 is 0. The second-order valence-electron chi connectivity index (χ2n) is 9.82. The van der Waals surface area contributed by atoms with Gasteiger partial charge in [0.25, 0.3) is 0 Å². The van der Waals surface area contributed by atoms with E-state index >= 15 is 0 Å². The maximum atomic E-state index is 13.0. The van der Waals surface area contributed by atoms with Gasteiger partial charge in [0.05, 0.1) is 11.4 Å². The molecule has 1 N–H and O–H groups in total. The second kappa shape index (κ2) is 10.7. The van der Waals surface area contributed by atoms with Crippen molar-refractivity contribution in [2.45, 2.75) is 72.3 Å². The molecule has 36 heavy (non-hydrogen) atoms. The van der Waals surface area contributed by atoms with Crippen LogP contribution in [0.5, 0.6) is 5.75 Å². The van der Waals surface area contributed by atoms with Crippen LogP contribution in [0, 0.1) is 13.8 Å². The molecule has 6 nitrogen and oxygen atoms in total. The number of benzene rings is 2. The molecule has 4 rings (SSSR count). The SMILES string of the molecule is CCc1cccc(CC)c1-c1nc(C)c(COc2cc(C(C)C)ccc2C)c(C2NCCS2(=O)=O)n1. The zero-order valence-electron chi connectivity index (χ0n) is 22.2. The second-order valence-corrected chi connectivity index (χ2v) is 12.0. The van der Waals surface area contributed by atoms with Gasteiger partial charge in [-0.05, 0) is 60.9 Å². The smallest absolute Gasteiger partial charge is 0.173 e. The van der Waals surface area contributed by atoms with Gasteiger partial charge in [-0.3, -0.25) is 5.32 Å². The van der Waals surface area contributed by atoms with Gasteiger partial charge < -0.3 is 4.74 Å². The summed E-state index contributed by atoms with van der Waals surface area (Å²) in [5.41, 5.74) is 7.53. The van der Waals surface area contributed by atoms with Crippen LogP contribution < -0.4 is 10.1 Å². The molecule has 1 atom stereocenters. The number of rotatable bonds is 8. The molecule has 2 aromatic carbocycles. The van der Waals surface area contributed by atoms with E-state index in [4.69, 9.17) is 14.7 Å². The first-order valence-corrected chi connectivity index (χ1v) is 14.5. The van der Waals surface area contributed by atoms with E-state index < -0.39 is 15.2 Å². The largest absolute Gasteiger partial charge is 0.488 e. The first-order chi connectivity index (χ1) is 17.2. The fourth-order valence-corrected chi connectivity index (χ4v) is 6.33. The van der Waals surface area contributed by atoms with Crippen molar-refractivity contribution in [3.63, 3.8) is 0 Å². The monoisotopic (exact) mass is 507 g/mol. The minimum atomic E-state index is -3.38. The molecular formula is C29H37N3O3S. The highest BCUT2D eigenvalue weighted by atomic mass is 32.2. The lowest BCUT2D eigenvalue weighted by molar-refractivity contribution is 0.300. The molecule has 1 fully saturated rings. The van der Waals surface area contributed by atoms with E-state index in [1.54, 1.807) is 0 Å². The topological polar surface area (TPSA) is 81.2 Å². The van der Waals surface area contributed by atoms with Crippen LogP contribution in [-0.4, -0.2) is 30.7 Å². The van der Waals surface area contributed by atoms with Gasteiger partial charge in [0.2, 0.25) is 0 Å². The molecule has 2 heterocycles. The van der Waals surface area contributed by atoms with Crippen LogP contribution >= 0.6 is 0 Å². The lowest BCUT2D eigenvalue weighted by atomic mass is 9.96. The van der Waals surface area contributed by atoms with E-state index in [0.29, 0.717) is 24.0 Å². The molecule has 192 valence electrons. The summed E-state index contributed by atoms with van der Waals surface area (Å²) in [6.45, 7) is 13.1. The Bertz CT molecular complexity index is 1340. The van der Waals surface area contributed by atoms with Crippen LogP contribution in [0.4, 0.5) is 0 Å². The molecule has 0 bridgehead atoms. The average Bonchev–Trinajstić information content (AvgIpc) is 3.21. The molecule has 1 aliphatic rings. The number of sulfone groups is 1. The molecule has 1 aliphatic heterocycles. The number of ether oxygens (including phenoxy) is 1. The zero-order chi connectivity index (χ0) is 26.0. The number of aryl methyl sites for hydroxylation is 4. The van der Waals surface area contributed by atoms with Crippen molar-refractivity contribution in [2.24, 2.45) is 0 Å². The fraction of sp³-hybridized carbons (Fsp3) is 0.448. The van der Waals surface area contributed by atoms with Crippen molar-refractivity contribution in [3.05, 3.63) is 75.6 Å². The first kappa shape index (κ1) is 26.3. The average molecular weight is 508 g/mol. The molecule has 0 saturated carbocycles. The Labute approximate surface area is 215 Å². The normalized spacial score (nSPS) is 17.0. The molecule has 1 saturated heterocycles. The molecule has 7 heteroatoms. The fourth-order valence-electron chi connectivity index (χ4n) is 4.78. The molecule has 0 amide bonds. The van der Waals surface area contributed by atoms with Crippen LogP contribution in [0.2, 0.25) is 0 Å². The van der Waals surface area contributed by atoms with Crippen molar-refractivity contribution in [1.82, 2.24) is 15.3 Å². The van der Waals surface area contributed by atoms with Gasteiger partial charge in [-0.15, -0.1) is 0 Å². The molecule has 0 radical (unpaired) electrons. The number of nitrogens with zero attached hydrogens (tertiary/aromatic N) is 2. The van der Waals surface area contributed by atoms with Crippen molar-refractivity contribution in [2.75, 3.05) is 12.3 Å². The Morgan fingerprint density at radius 1 is 1.06 bits per heavy atom. The maximum absolute atomic E-state index is 13.0. The van der Waals surface area contributed by atoms with Crippen molar-refractivity contribution < 1.29 is 13.2 Å². The molecular weight excluding hydrogens is 470 g/mol. The number of hydrogen-bond donors (Lipinski definition) is 1. The lowest BCUT2D eigenvalue weighted by Gasteiger charge is -2.20. The van der Waals surface area contributed by atoms with Crippen LogP contribution in [0.3, 0.4) is 0 Å². The zero-order valence-corrected chi connectivity index (χ0v) is 23.0. The molecule has 0 aliphatic carbocycles. The number of aromatic nitrogens is 2. The molecule has 3 aromatic rings. The molecule has 0 spiro atoms. The highest BCUT2D eigenvalue weighted by Crippen LogP contribution is 2.33. The van der Waals surface area contributed by atoms with E-state index in [1.807, 2.05) is 13.8 Å². The summed E-state index contributed by atoms with van der Waals surface area (Å²) in [6, 6.07) is 12.5. The number of nitrogens with one attached hydrogen (secondary N) is 1. The standard InChI is InChI=1S/C29H37N3O3S/c1-7-21-10-9-11-22(8-2)26(21)28-31-20(6)24(27(32-28)29-30-14-15-36(29,33)34)17-35-25-16-23(18(3)4)13-12-19(25)5/h9-13,16,18,29-30H,7-8,14-15,17H2,1-6H3. The van der Waals surface area contributed by atoms with Gasteiger partial charge in [0.15, 0.2) is 21.0 Å². The summed E-state index contributed by atoms with van der Waals surface area (Å²) in [5, 5.41) is 2.30. The highest BCUT2D eigenvalue weighted by molar-refractivity contribution is 7.91.